The summed E-state index contributed by atoms with van der Waals surface area (Å²) >= 11 is 0. The number of aromatic nitrogens is 8. The fourth-order valence-electron chi connectivity index (χ4n) is 9.22. The van der Waals surface area contributed by atoms with Crippen LogP contribution in [0.15, 0.2) is 146 Å². The van der Waals surface area contributed by atoms with Gasteiger partial charge in [0.2, 0.25) is 0 Å². The van der Waals surface area contributed by atoms with E-state index in [9.17, 15) is 0 Å². The van der Waals surface area contributed by atoms with Crippen molar-refractivity contribution in [2.45, 2.75) is 38.5 Å². The summed E-state index contributed by atoms with van der Waals surface area (Å²) in [7, 11) is 0. The molecule has 2 fully saturated rings. The van der Waals surface area contributed by atoms with Crippen LogP contribution in [0.25, 0.3) is 56.2 Å². The fourth-order valence-corrected chi connectivity index (χ4v) is 9.22. The molecule has 0 saturated carbocycles. The number of ether oxygens (including phenoxy) is 2. The molecule has 10 aromatic rings. The maximum absolute atomic E-state index is 6.32. The van der Waals surface area contributed by atoms with E-state index in [1.165, 1.54) is 49.9 Å². The molecule has 70 heavy (non-hydrogen) atoms. The average molecular weight is 1280 g/mol. The molecule has 0 atom stereocenters. The molecule has 2 aliphatic rings. The van der Waals surface area contributed by atoms with Crippen LogP contribution < -0.4 is 28.4 Å². The van der Waals surface area contributed by atoms with Crippen molar-refractivity contribution in [2.75, 3.05) is 36.0 Å². The van der Waals surface area contributed by atoms with Crippen LogP contribution in [0.3, 0.4) is 0 Å². The van der Waals surface area contributed by atoms with Gasteiger partial charge in [0.15, 0.2) is 0 Å². The molecule has 14 heteroatoms. The topological polar surface area (TPSA) is 94.1 Å². The molecular weight excluding hydrogens is 1230 g/mol. The summed E-state index contributed by atoms with van der Waals surface area (Å²) in [6, 6.07) is 50.6. The van der Waals surface area contributed by atoms with Crippen LogP contribution in [0.1, 0.15) is 38.5 Å². The Labute approximate surface area is 435 Å². The molecule has 2 saturated heterocycles. The SMILES string of the molecule is [Pt].[Pt].[c-]1c(Oc2[c-]c(-c3[c-]c(Oc4[c-]c(-[n+]5[c-]n(-c6cccc(N7CCCCC7)c6)c6ccccc65)cnc4)ccn3)ncc2)cncc1-[n+]1[c-]n(-c2cccc(N3CCCCC3)c2)c2ccccc21. The number of hydrogen-bond acceptors (Lipinski definition) is 8. The van der Waals surface area contributed by atoms with Gasteiger partial charge in [-0.15, -0.1) is 35.7 Å². The molecule has 354 valence electrons. The monoisotopic (exact) mass is 1280 g/mol. The number of benzene rings is 4. The Hall–Kier alpha value is -7.00. The molecule has 0 spiro atoms. The second kappa shape index (κ2) is 20.9. The minimum Gasteiger partial charge on any atom is -0.509 e. The van der Waals surface area contributed by atoms with Gasteiger partial charge in [0.05, 0.1) is 33.4 Å². The average Bonchev–Trinajstić information content (AvgIpc) is 4.00. The third-order valence-corrected chi connectivity index (χ3v) is 12.5. The van der Waals surface area contributed by atoms with Gasteiger partial charge in [-0.05, 0) is 111 Å². The van der Waals surface area contributed by atoms with Crippen LogP contribution in [-0.4, -0.2) is 55.2 Å². The first-order valence-corrected chi connectivity index (χ1v) is 23.2. The second-order valence-corrected chi connectivity index (χ2v) is 17.0. The Morgan fingerprint density at radius 3 is 1.31 bits per heavy atom. The molecule has 2 aliphatic heterocycles. The summed E-state index contributed by atoms with van der Waals surface area (Å²) < 4.78 is 20.7. The summed E-state index contributed by atoms with van der Waals surface area (Å²) in [6.07, 6.45) is 24.6. The van der Waals surface area contributed by atoms with Gasteiger partial charge >= 0.3 is 0 Å². The zero-order valence-electron chi connectivity index (χ0n) is 37.8. The molecule has 0 N–H and O–H groups in total. The fraction of sp³-hybridized carbons (Fsp3) is 0.179. The van der Waals surface area contributed by atoms with E-state index in [0.717, 1.165) is 59.6 Å². The molecule has 8 heterocycles. The predicted octanol–water partition coefficient (Wildman–Crippen LogP) is 9.74. The first-order valence-electron chi connectivity index (χ1n) is 23.2. The maximum Gasteiger partial charge on any atom is 0.268 e. The van der Waals surface area contributed by atoms with E-state index in [1.807, 2.05) is 33.4 Å². The Bertz CT molecular complexity index is 3210. The van der Waals surface area contributed by atoms with Gasteiger partial charge < -0.3 is 48.3 Å². The predicted molar refractivity (Wildman–Crippen MR) is 258 cm³/mol. The standard InChI is InChI=1S/C56H44N10O2.2Pt/c1-7-25-61(26-8-1)41-13-11-15-43(29-41)63-39-65(55-19-5-3-17-53(55)63)45-31-49(37-57-35-45)67-47-21-23-59-51(33-47)52-34-48(22-24-60-52)68-50-32-46(36-58-38-50)66-40-64(54-18-4-6-20-56(54)66)44-16-12-14-42(30-44)62-27-9-2-10-28-62;;/h3-6,11-24,29-30,35-38H,1-2,7-10,25-28H2;;/q-4;;. The van der Waals surface area contributed by atoms with Crippen molar-refractivity contribution >= 4 is 33.4 Å². The molecule has 12 nitrogen and oxygen atoms in total. The van der Waals surface area contributed by atoms with Gasteiger partial charge in [-0.2, -0.15) is 12.1 Å². The number of hydrogen-bond donors (Lipinski definition) is 0. The van der Waals surface area contributed by atoms with Crippen LogP contribution in [-0.2, 0) is 42.1 Å². The number of fused-ring (bicyclic) bond motifs is 2. The number of para-hydroxylation sites is 4. The number of nitrogens with zero attached hydrogens (tertiary/aromatic N) is 10. The molecule has 0 radical (unpaired) electrons. The summed E-state index contributed by atoms with van der Waals surface area (Å²) in [4.78, 5) is 23.1. The number of anilines is 2. The zero-order valence-corrected chi connectivity index (χ0v) is 42.4. The van der Waals surface area contributed by atoms with E-state index in [0.29, 0.717) is 45.8 Å². The van der Waals surface area contributed by atoms with Gasteiger partial charge in [-0.3, -0.25) is 9.13 Å². The molecule has 0 aliphatic carbocycles. The first-order chi connectivity index (χ1) is 33.7. The minimum atomic E-state index is 0. The third kappa shape index (κ3) is 9.63. The zero-order chi connectivity index (χ0) is 45.2. The van der Waals surface area contributed by atoms with Crippen molar-refractivity contribution in [3.05, 3.63) is 183 Å². The van der Waals surface area contributed by atoms with E-state index in [1.54, 1.807) is 49.3 Å². The Morgan fingerprint density at radius 1 is 0.429 bits per heavy atom. The van der Waals surface area contributed by atoms with Crippen molar-refractivity contribution in [1.29, 1.82) is 0 Å². The maximum atomic E-state index is 6.32. The molecule has 4 aromatic carbocycles. The van der Waals surface area contributed by atoms with Crippen molar-refractivity contribution in [1.82, 2.24) is 29.1 Å². The van der Waals surface area contributed by atoms with Gasteiger partial charge in [0.1, 0.15) is 0 Å². The number of imidazole rings is 2. The Kier molecular flexibility index (Phi) is 14.0. The summed E-state index contributed by atoms with van der Waals surface area (Å²) in [6.45, 7) is 4.31. The van der Waals surface area contributed by atoms with Crippen LogP contribution in [0.4, 0.5) is 11.4 Å². The van der Waals surface area contributed by atoms with E-state index >= 15 is 0 Å². The van der Waals surface area contributed by atoms with E-state index < -0.39 is 0 Å². The Morgan fingerprint density at radius 2 is 0.857 bits per heavy atom. The summed E-state index contributed by atoms with van der Waals surface area (Å²) in [5, 5.41) is 0. The quantitative estimate of drug-likeness (QED) is 0.0935. The minimum absolute atomic E-state index is 0. The van der Waals surface area contributed by atoms with Crippen molar-refractivity contribution in [3.8, 4) is 57.1 Å². The van der Waals surface area contributed by atoms with Gasteiger partial charge in [-0.1, -0.05) is 73.1 Å². The van der Waals surface area contributed by atoms with Gasteiger partial charge in [0.25, 0.3) is 12.7 Å². The van der Waals surface area contributed by atoms with Crippen molar-refractivity contribution < 1.29 is 60.7 Å². The van der Waals surface area contributed by atoms with Crippen molar-refractivity contribution in [3.63, 3.8) is 0 Å². The Balaban J connectivity index is 0.00000284. The summed E-state index contributed by atoms with van der Waals surface area (Å²) in [5.74, 6) is 1.63. The first kappa shape index (κ1) is 46.7. The number of rotatable bonds is 11. The van der Waals surface area contributed by atoms with Crippen LogP contribution in [0.5, 0.6) is 23.0 Å². The summed E-state index contributed by atoms with van der Waals surface area (Å²) in [5.41, 5.74) is 10.7. The van der Waals surface area contributed by atoms with Crippen LogP contribution in [0, 0.1) is 36.9 Å². The smallest absolute Gasteiger partial charge is 0.268 e. The van der Waals surface area contributed by atoms with E-state index in [2.05, 4.69) is 149 Å². The third-order valence-electron chi connectivity index (χ3n) is 12.5. The van der Waals surface area contributed by atoms with Gasteiger partial charge in [0, 0.05) is 103 Å². The van der Waals surface area contributed by atoms with Crippen LogP contribution >= 0.6 is 0 Å². The molecule has 0 amide bonds. The van der Waals surface area contributed by atoms with Crippen molar-refractivity contribution in [2.24, 2.45) is 0 Å². The van der Waals surface area contributed by atoms with Gasteiger partial charge in [-0.25, -0.2) is 0 Å². The normalized spacial score (nSPS) is 13.7. The molecular formula is C56H44N10O2Pt2-4. The second-order valence-electron chi connectivity index (χ2n) is 17.0. The largest absolute Gasteiger partial charge is 0.509 e. The number of pyridine rings is 4. The number of piperidine rings is 2. The molecule has 12 rings (SSSR count). The van der Waals surface area contributed by atoms with E-state index in [4.69, 9.17) is 9.47 Å². The molecule has 6 aromatic heterocycles. The van der Waals surface area contributed by atoms with Crippen LogP contribution in [0.2, 0.25) is 0 Å². The van der Waals surface area contributed by atoms with E-state index in [-0.39, 0.29) is 42.1 Å². The molecule has 0 bridgehead atoms. The molecule has 0 unspecified atom stereocenters.